The number of rotatable bonds is 5. The third-order valence-electron chi connectivity index (χ3n) is 3.13. The van der Waals surface area contributed by atoms with Crippen molar-refractivity contribution < 1.29 is 13.6 Å². The number of nitrogens with zero attached hydrogens (tertiary/aromatic N) is 1. The molecule has 0 saturated heterocycles. The lowest BCUT2D eigenvalue weighted by molar-refractivity contribution is 0.0753. The van der Waals surface area contributed by atoms with Crippen molar-refractivity contribution in [3.63, 3.8) is 0 Å². The van der Waals surface area contributed by atoms with Crippen LogP contribution in [0.1, 0.15) is 22.2 Å². The standard InChI is InChI=1S/C15H16F2N2OS/c1-3-19(9-11-5-4-6-21-11)15(20)10-7-12(16)14(18-2)13(17)8-10/h4-8,18H,3,9H2,1-2H3. The van der Waals surface area contributed by atoms with Gasteiger partial charge in [-0.05, 0) is 30.5 Å². The predicted octanol–water partition coefficient (Wildman–Crippen LogP) is 3.73. The van der Waals surface area contributed by atoms with Gasteiger partial charge in [0.05, 0.1) is 6.54 Å². The minimum absolute atomic E-state index is 0.0161. The van der Waals surface area contributed by atoms with E-state index < -0.39 is 11.6 Å². The average Bonchev–Trinajstić information content (AvgIpc) is 2.96. The predicted molar refractivity (Wildman–Crippen MR) is 80.6 cm³/mol. The Hall–Kier alpha value is -1.95. The SMILES string of the molecule is CCN(Cc1cccs1)C(=O)c1cc(F)c(NC)c(F)c1. The van der Waals surface area contributed by atoms with E-state index in [9.17, 15) is 13.6 Å². The molecule has 112 valence electrons. The molecule has 1 N–H and O–H groups in total. The molecule has 1 aromatic heterocycles. The van der Waals surface area contributed by atoms with E-state index in [-0.39, 0.29) is 17.2 Å². The van der Waals surface area contributed by atoms with Crippen LogP contribution < -0.4 is 5.32 Å². The molecule has 1 aromatic carbocycles. The molecule has 0 atom stereocenters. The summed E-state index contributed by atoms with van der Waals surface area (Å²) in [6.45, 7) is 2.73. The largest absolute Gasteiger partial charge is 0.383 e. The topological polar surface area (TPSA) is 32.3 Å². The van der Waals surface area contributed by atoms with Crippen LogP contribution in [0.2, 0.25) is 0 Å². The number of nitrogens with one attached hydrogen (secondary N) is 1. The van der Waals surface area contributed by atoms with Gasteiger partial charge in [0.15, 0.2) is 0 Å². The maximum atomic E-state index is 13.7. The fraction of sp³-hybridized carbons (Fsp3) is 0.267. The van der Waals surface area contributed by atoms with Crippen LogP contribution in [0.3, 0.4) is 0 Å². The fourth-order valence-electron chi connectivity index (χ4n) is 2.04. The van der Waals surface area contributed by atoms with Crippen LogP contribution in [0.15, 0.2) is 29.6 Å². The van der Waals surface area contributed by atoms with E-state index in [1.54, 1.807) is 4.90 Å². The van der Waals surface area contributed by atoms with Crippen molar-refractivity contribution >= 4 is 22.9 Å². The lowest BCUT2D eigenvalue weighted by Crippen LogP contribution is -2.30. The van der Waals surface area contributed by atoms with Gasteiger partial charge < -0.3 is 10.2 Å². The van der Waals surface area contributed by atoms with Crippen LogP contribution in [0.5, 0.6) is 0 Å². The normalized spacial score (nSPS) is 10.5. The summed E-state index contributed by atoms with van der Waals surface area (Å²) >= 11 is 1.54. The van der Waals surface area contributed by atoms with E-state index in [1.165, 1.54) is 18.4 Å². The van der Waals surface area contributed by atoms with Gasteiger partial charge in [-0.25, -0.2) is 8.78 Å². The maximum Gasteiger partial charge on any atom is 0.254 e. The number of carbonyl (C=O) groups excluding carboxylic acids is 1. The van der Waals surface area contributed by atoms with Gasteiger partial charge in [-0.15, -0.1) is 11.3 Å². The smallest absolute Gasteiger partial charge is 0.254 e. The number of hydrogen-bond donors (Lipinski definition) is 1. The maximum absolute atomic E-state index is 13.7. The number of carbonyl (C=O) groups is 1. The van der Waals surface area contributed by atoms with Gasteiger partial charge in [0.25, 0.3) is 5.91 Å². The van der Waals surface area contributed by atoms with E-state index in [4.69, 9.17) is 0 Å². The Kier molecular flexibility index (Phi) is 4.90. The molecule has 0 fully saturated rings. The van der Waals surface area contributed by atoms with Gasteiger partial charge in [0.1, 0.15) is 17.3 Å². The molecule has 0 unspecified atom stereocenters. The van der Waals surface area contributed by atoms with Gasteiger partial charge in [-0.3, -0.25) is 4.79 Å². The van der Waals surface area contributed by atoms with Crippen LogP contribution in [0.4, 0.5) is 14.5 Å². The highest BCUT2D eigenvalue weighted by Crippen LogP contribution is 2.22. The van der Waals surface area contributed by atoms with Crippen molar-refractivity contribution in [1.29, 1.82) is 0 Å². The quantitative estimate of drug-likeness (QED) is 0.912. The summed E-state index contributed by atoms with van der Waals surface area (Å²) < 4.78 is 27.5. The molecule has 2 rings (SSSR count). The number of benzene rings is 1. The average molecular weight is 310 g/mol. The monoisotopic (exact) mass is 310 g/mol. The van der Waals surface area contributed by atoms with Crippen LogP contribution in [0.25, 0.3) is 0 Å². The summed E-state index contributed by atoms with van der Waals surface area (Å²) in [5, 5.41) is 4.36. The Morgan fingerprint density at radius 2 is 2.00 bits per heavy atom. The van der Waals surface area contributed by atoms with Gasteiger partial charge in [0, 0.05) is 24.0 Å². The summed E-state index contributed by atoms with van der Waals surface area (Å²) in [6, 6.07) is 5.95. The minimum atomic E-state index is -0.770. The van der Waals surface area contributed by atoms with Crippen molar-refractivity contribution in [3.05, 3.63) is 51.7 Å². The molecule has 1 heterocycles. The first-order valence-corrected chi connectivity index (χ1v) is 7.43. The molecule has 6 heteroatoms. The molecule has 0 spiro atoms. The van der Waals surface area contributed by atoms with Crippen molar-refractivity contribution in [3.8, 4) is 0 Å². The Labute approximate surface area is 126 Å². The Morgan fingerprint density at radius 3 is 2.48 bits per heavy atom. The van der Waals surface area contributed by atoms with Crippen molar-refractivity contribution in [2.45, 2.75) is 13.5 Å². The molecule has 0 aliphatic carbocycles. The summed E-state index contributed by atoms with van der Waals surface area (Å²) in [5.74, 6) is -1.92. The van der Waals surface area contributed by atoms with Gasteiger partial charge in [0.2, 0.25) is 0 Å². The molecule has 1 amide bonds. The molecule has 3 nitrogen and oxygen atoms in total. The van der Waals surface area contributed by atoms with Crippen molar-refractivity contribution in [2.75, 3.05) is 18.9 Å². The van der Waals surface area contributed by atoms with Crippen LogP contribution >= 0.6 is 11.3 Å². The van der Waals surface area contributed by atoms with E-state index in [1.807, 2.05) is 24.4 Å². The Morgan fingerprint density at radius 1 is 1.33 bits per heavy atom. The van der Waals surface area contributed by atoms with Crippen LogP contribution in [-0.2, 0) is 6.54 Å². The second kappa shape index (κ2) is 6.67. The summed E-state index contributed by atoms with van der Waals surface area (Å²) in [7, 11) is 1.43. The lowest BCUT2D eigenvalue weighted by Gasteiger charge is -2.20. The molecule has 0 aliphatic rings. The minimum Gasteiger partial charge on any atom is -0.383 e. The van der Waals surface area contributed by atoms with Gasteiger partial charge >= 0.3 is 0 Å². The van der Waals surface area contributed by atoms with Crippen LogP contribution in [-0.4, -0.2) is 24.4 Å². The molecule has 0 saturated carbocycles. The summed E-state index contributed by atoms with van der Waals surface area (Å²) in [4.78, 5) is 15.0. The molecule has 0 aliphatic heterocycles. The van der Waals surface area contributed by atoms with Crippen LogP contribution in [0, 0.1) is 11.6 Å². The highest BCUT2D eigenvalue weighted by atomic mass is 32.1. The lowest BCUT2D eigenvalue weighted by atomic mass is 10.1. The Bertz CT molecular complexity index is 606. The summed E-state index contributed by atoms with van der Waals surface area (Å²) in [5.41, 5.74) is -0.213. The molecular formula is C15H16F2N2OS. The second-order valence-corrected chi connectivity index (χ2v) is 5.50. The van der Waals surface area contributed by atoms with E-state index in [2.05, 4.69) is 5.32 Å². The molecule has 0 bridgehead atoms. The zero-order valence-corrected chi connectivity index (χ0v) is 12.6. The third-order valence-corrected chi connectivity index (χ3v) is 4.00. The number of amides is 1. The number of anilines is 1. The fourth-order valence-corrected chi connectivity index (χ4v) is 2.76. The number of thiophene rings is 1. The van der Waals surface area contributed by atoms with E-state index in [0.717, 1.165) is 17.0 Å². The van der Waals surface area contributed by atoms with Gasteiger partial charge in [-0.1, -0.05) is 6.07 Å². The first kappa shape index (κ1) is 15.4. The second-order valence-electron chi connectivity index (χ2n) is 4.46. The highest BCUT2D eigenvalue weighted by molar-refractivity contribution is 7.09. The number of hydrogen-bond acceptors (Lipinski definition) is 3. The van der Waals surface area contributed by atoms with Crippen molar-refractivity contribution in [2.24, 2.45) is 0 Å². The first-order valence-electron chi connectivity index (χ1n) is 6.55. The summed E-state index contributed by atoms with van der Waals surface area (Å²) in [6.07, 6.45) is 0. The third kappa shape index (κ3) is 3.39. The Balaban J connectivity index is 2.25. The zero-order chi connectivity index (χ0) is 15.4. The van der Waals surface area contributed by atoms with E-state index in [0.29, 0.717) is 13.1 Å². The first-order chi connectivity index (χ1) is 10.1. The zero-order valence-electron chi connectivity index (χ0n) is 11.8. The van der Waals surface area contributed by atoms with E-state index >= 15 is 0 Å². The molecule has 2 aromatic rings. The molecular weight excluding hydrogens is 294 g/mol. The van der Waals surface area contributed by atoms with Gasteiger partial charge in [-0.2, -0.15) is 0 Å². The van der Waals surface area contributed by atoms with Crippen molar-refractivity contribution in [1.82, 2.24) is 4.90 Å². The number of halogens is 2. The highest BCUT2D eigenvalue weighted by Gasteiger charge is 2.19. The molecule has 21 heavy (non-hydrogen) atoms. The molecule has 0 radical (unpaired) electrons.